The van der Waals surface area contributed by atoms with Gasteiger partial charge in [0.1, 0.15) is 48.7 Å². The summed E-state index contributed by atoms with van der Waals surface area (Å²) < 4.78 is 109. The maximum atomic E-state index is 15.4. The molecule has 4 heterocycles. The predicted molar refractivity (Wildman–Crippen MR) is 462 cm³/mol. The zero-order valence-corrected chi connectivity index (χ0v) is 72.6. The Bertz CT molecular complexity index is 5280. The lowest BCUT2D eigenvalue weighted by molar-refractivity contribution is -0.416. The Balaban J connectivity index is 0.823. The molecule has 1 unspecified atom stereocenters. The molecule has 8 aromatic carbocycles. The molecule has 4 aliphatic heterocycles. The molecule has 0 radical (unpaired) electrons. The van der Waals surface area contributed by atoms with Gasteiger partial charge in [-0.05, 0) is 171 Å². The van der Waals surface area contributed by atoms with Gasteiger partial charge in [-0.3, -0.25) is 14.4 Å². The fraction of sp³-hybridized carbons (Fsp3) is 0.417. The predicted octanol–water partition coefficient (Wildman–Crippen LogP) is 15.6. The minimum absolute atomic E-state index is 0.000862. The molecule has 26 nitrogen and oxygen atoms in total. The van der Waals surface area contributed by atoms with Gasteiger partial charge >= 0.3 is 47.8 Å². The second-order valence-corrected chi connectivity index (χ2v) is 35.2. The maximum absolute atomic E-state index is 15.4. The van der Waals surface area contributed by atoms with Crippen LogP contribution < -0.4 is 0 Å². The number of rotatable bonds is 29. The minimum Gasteiger partial charge on any atom is -0.466 e. The van der Waals surface area contributed by atoms with E-state index in [-0.39, 0.29) is 99.8 Å². The molecule has 674 valence electrons. The smallest absolute Gasteiger partial charge is 0.338 e. The lowest BCUT2D eigenvalue weighted by atomic mass is 9.47. The first kappa shape index (κ1) is 90.6. The zero-order chi connectivity index (χ0) is 90.0. The van der Waals surface area contributed by atoms with Gasteiger partial charge in [0.25, 0.3) is 0 Å². The number of Topliss-reactive ketones (excluding diaryl/α,β-unsaturated/α-hetero) is 2. The monoisotopic (exact) mass is 1760 g/mol. The summed E-state index contributed by atoms with van der Waals surface area (Å²) in [4.78, 5) is 145. The van der Waals surface area contributed by atoms with Crippen LogP contribution in [0.5, 0.6) is 0 Å². The lowest BCUT2D eigenvalue weighted by Gasteiger charge is -2.58. The average molecular weight is 1760 g/mol. The van der Waals surface area contributed by atoms with Crippen LogP contribution in [0.25, 0.3) is 0 Å². The van der Waals surface area contributed by atoms with Gasteiger partial charge in [-0.25, -0.2) is 33.6 Å². The molecular formula is C103H106O26. The van der Waals surface area contributed by atoms with Gasteiger partial charge in [0.05, 0.1) is 64.4 Å². The standard InChI is InChI=1S/C103H106O26/c1-60(57-114-63(4)104)47-50-77(105)61(2)81-78(106)56-76-74-49-48-72-55-73(51-53-102(72,5)75(74)52-54-103(76,81)6)118-100-90(129-99-88(125-96(112)69-41-25-12-26-42-69)85(123-94(110)67-37-21-10-22-38-67)82(62(3)117-99)121-92(108)65-33-17-8-18-34-65)87(84-80(119-100)59-116-98(127-84)71-45-29-14-30-46-71)128-101-89(126-97(113)70-43-27-13-28-44-70)86(124-95(111)68-39-23-11-24-40-68)83(122-93(109)66-35-19-9-20-36-66)79(120-101)58-115-91(107)64-31-15-7-16-32-64/h7-46,48,60-62,73-76,79-90,98-101H,47,49-59H2,1-6H3/t60-,61-,62-,73-,74+,75-,76-,79+,80+,81?,82-,83+,84+,85+,86-,87-,88+,89+,90+,98+,99-,100-,101-,102-,103-/m0/s1. The fourth-order valence-electron chi connectivity index (χ4n) is 20.2. The molecule has 0 amide bonds. The second kappa shape index (κ2) is 40.5. The van der Waals surface area contributed by atoms with Gasteiger partial charge in [-0.1, -0.05) is 197 Å². The Morgan fingerprint density at radius 3 is 1.37 bits per heavy atom. The number of ether oxygens (including phenoxy) is 16. The Morgan fingerprint density at radius 1 is 0.442 bits per heavy atom. The third-order valence-corrected chi connectivity index (χ3v) is 26.9. The maximum Gasteiger partial charge on any atom is 0.338 e. The molecule has 16 rings (SSSR count). The number of hydrogen-bond donors (Lipinski definition) is 0. The van der Waals surface area contributed by atoms with E-state index in [1.807, 2.05) is 19.9 Å². The number of fused-ring (bicyclic) bond motifs is 6. The first-order chi connectivity index (χ1) is 62.5. The van der Waals surface area contributed by atoms with Gasteiger partial charge in [0.2, 0.25) is 0 Å². The quantitative estimate of drug-likeness (QED) is 0.0239. The van der Waals surface area contributed by atoms with E-state index in [9.17, 15) is 28.8 Å². The van der Waals surface area contributed by atoms with Crippen molar-refractivity contribution in [3.8, 4) is 0 Å². The van der Waals surface area contributed by atoms with Crippen molar-refractivity contribution in [1.29, 1.82) is 0 Å². The van der Waals surface area contributed by atoms with E-state index in [0.29, 0.717) is 44.1 Å². The highest BCUT2D eigenvalue weighted by molar-refractivity contribution is 5.94. The summed E-state index contributed by atoms with van der Waals surface area (Å²) >= 11 is 0. The Hall–Kier alpha value is -11.7. The molecule has 25 atom stereocenters. The summed E-state index contributed by atoms with van der Waals surface area (Å²) in [5.41, 5.74) is 1.20. The van der Waals surface area contributed by atoms with E-state index >= 15 is 19.2 Å². The van der Waals surface area contributed by atoms with Crippen LogP contribution in [0.1, 0.15) is 184 Å². The Morgan fingerprint density at radius 2 is 0.876 bits per heavy atom. The van der Waals surface area contributed by atoms with Crippen molar-refractivity contribution < 1.29 is 124 Å². The summed E-state index contributed by atoms with van der Waals surface area (Å²) in [5.74, 6) is -7.58. The van der Waals surface area contributed by atoms with Crippen LogP contribution in [-0.4, -0.2) is 177 Å². The van der Waals surface area contributed by atoms with Gasteiger partial charge in [0.15, 0.2) is 61.8 Å². The van der Waals surface area contributed by atoms with Crippen molar-refractivity contribution in [1.82, 2.24) is 0 Å². The highest BCUT2D eigenvalue weighted by atomic mass is 16.8. The second-order valence-electron chi connectivity index (χ2n) is 35.2. The molecule has 0 N–H and O–H groups in total. The molecule has 129 heavy (non-hydrogen) atoms. The van der Waals surface area contributed by atoms with Crippen LogP contribution in [0.2, 0.25) is 0 Å². The van der Waals surface area contributed by atoms with Crippen molar-refractivity contribution in [2.75, 3.05) is 19.8 Å². The largest absolute Gasteiger partial charge is 0.466 e. The van der Waals surface area contributed by atoms with E-state index in [2.05, 4.69) is 19.9 Å². The first-order valence-electron chi connectivity index (χ1n) is 44.4. The summed E-state index contributed by atoms with van der Waals surface area (Å²) in [6.45, 7) is 10.5. The van der Waals surface area contributed by atoms with E-state index in [1.165, 1.54) is 91.9 Å². The molecule has 4 saturated heterocycles. The number of carbonyl (C=O) groups excluding carboxylic acids is 10. The normalized spacial score (nSPS) is 30.8. The van der Waals surface area contributed by atoms with Crippen LogP contribution in [0.3, 0.4) is 0 Å². The number of esters is 8. The minimum atomic E-state index is -2.08. The molecule has 8 aliphatic rings. The summed E-state index contributed by atoms with van der Waals surface area (Å²) in [6.07, 6.45) is -20.9. The molecule has 7 fully saturated rings. The average Bonchev–Trinajstić information content (AvgIpc) is 1.61. The van der Waals surface area contributed by atoms with E-state index < -0.39 is 176 Å². The number of allylic oxidation sites excluding steroid dienone is 1. The number of ketones is 2. The summed E-state index contributed by atoms with van der Waals surface area (Å²) in [7, 11) is 0. The van der Waals surface area contributed by atoms with Gasteiger partial charge in [0, 0.05) is 37.2 Å². The molecule has 0 bridgehead atoms. The third-order valence-electron chi connectivity index (χ3n) is 26.9. The summed E-state index contributed by atoms with van der Waals surface area (Å²) in [5, 5.41) is 0. The molecule has 4 aliphatic carbocycles. The topological polar surface area (TPSA) is 318 Å². The SMILES string of the molecule is CC(=O)OC[C@@H](C)CCC(=O)[C@H](C)C1C(=O)C[C@H]2[C@@H]3CC=C4C[C@@H](O[C@H]5O[C@@H]6CO[C@@H](c7ccccc7)O[C@H]6[C@H](O[C@@H]6O[C@H](COC(=O)c7ccccc7)[C@@H](OC(=O)c7ccccc7)[C@H](OC(=O)c7ccccc7)[C@H]6OC(=O)c6ccccc6)[C@H]5O[C@@H]5O[C@@H](C)[C@H](OC(=O)c6ccccc6)[C@@H](OC(=O)c6ccccc6)[C@H]5OC(=O)c5ccccc5)CC[C@]4(C)[C@H]3CC[C@]12C. The summed E-state index contributed by atoms with van der Waals surface area (Å²) in [6, 6.07) is 64.8. The van der Waals surface area contributed by atoms with E-state index in [0.717, 1.165) is 18.4 Å². The fourth-order valence-corrected chi connectivity index (χ4v) is 20.2. The Kier molecular flexibility index (Phi) is 28.5. The van der Waals surface area contributed by atoms with Crippen molar-refractivity contribution >= 4 is 59.3 Å². The van der Waals surface area contributed by atoms with Gasteiger partial charge in [-0.2, -0.15) is 0 Å². The number of carbonyl (C=O) groups is 10. The highest BCUT2D eigenvalue weighted by Gasteiger charge is 2.65. The highest BCUT2D eigenvalue weighted by Crippen LogP contribution is 2.67. The van der Waals surface area contributed by atoms with E-state index in [1.54, 1.807) is 159 Å². The molecular weight excluding hydrogens is 1650 g/mol. The molecule has 26 heteroatoms. The van der Waals surface area contributed by atoms with Crippen molar-refractivity contribution in [2.45, 2.75) is 204 Å². The van der Waals surface area contributed by atoms with E-state index in [4.69, 9.17) is 75.8 Å². The van der Waals surface area contributed by atoms with Crippen molar-refractivity contribution in [2.24, 2.45) is 46.3 Å². The third kappa shape index (κ3) is 20.3. The van der Waals surface area contributed by atoms with Crippen molar-refractivity contribution in [3.63, 3.8) is 0 Å². The van der Waals surface area contributed by atoms with Gasteiger partial charge < -0.3 is 75.8 Å². The van der Waals surface area contributed by atoms with Crippen LogP contribution in [0.15, 0.2) is 254 Å². The first-order valence-corrected chi connectivity index (χ1v) is 44.4. The lowest BCUT2D eigenvalue weighted by Crippen LogP contribution is -2.69. The molecule has 0 spiro atoms. The molecule has 8 aromatic rings. The van der Waals surface area contributed by atoms with Crippen LogP contribution in [0.4, 0.5) is 0 Å². The molecule has 0 aromatic heterocycles. The van der Waals surface area contributed by atoms with Crippen LogP contribution in [0, 0.1) is 46.3 Å². The van der Waals surface area contributed by atoms with Crippen LogP contribution >= 0.6 is 0 Å². The van der Waals surface area contributed by atoms with Crippen molar-refractivity contribution in [3.05, 3.63) is 299 Å². The zero-order valence-electron chi connectivity index (χ0n) is 72.6. The number of hydrogen-bond acceptors (Lipinski definition) is 26. The number of benzene rings is 8. The molecule has 3 saturated carbocycles. The Labute approximate surface area is 748 Å². The van der Waals surface area contributed by atoms with Crippen LogP contribution in [-0.2, 0) is 90.2 Å². The van der Waals surface area contributed by atoms with Gasteiger partial charge in [-0.15, -0.1) is 0 Å².